The van der Waals surface area contributed by atoms with Gasteiger partial charge in [-0.25, -0.2) is 0 Å². The van der Waals surface area contributed by atoms with E-state index >= 15 is 0 Å². The maximum absolute atomic E-state index is 5.10. The zero-order valence-electron chi connectivity index (χ0n) is 29.8. The van der Waals surface area contributed by atoms with Crippen LogP contribution in [0.2, 0.25) is 51.4 Å². The lowest BCUT2D eigenvalue weighted by Crippen LogP contribution is -2.18. The van der Waals surface area contributed by atoms with Gasteiger partial charge in [0.2, 0.25) is 0 Å². The molecule has 2 N–H and O–H groups in total. The molecule has 0 aliphatic carbocycles. The minimum Gasteiger partial charge on any atom is -0.307 e. The van der Waals surface area contributed by atoms with E-state index in [1.54, 1.807) is 0 Å². The van der Waals surface area contributed by atoms with Crippen LogP contribution in [0.3, 0.4) is 0 Å². The van der Waals surface area contributed by atoms with Gasteiger partial charge in [0.25, 0.3) is 0 Å². The van der Waals surface area contributed by atoms with Crippen LogP contribution < -0.4 is 10.6 Å². The van der Waals surface area contributed by atoms with E-state index in [0.717, 1.165) is 25.2 Å². The number of fused-ring (bicyclic) bond motifs is 2. The molecular weight excluding hydrogens is 681 g/mol. The first-order chi connectivity index (χ1) is 22.4. The highest BCUT2D eigenvalue weighted by atomic mass is 79.9. The highest BCUT2D eigenvalue weighted by Crippen LogP contribution is 2.25. The lowest BCUT2D eigenvalue weighted by Gasteiger charge is -2.15. The highest BCUT2D eigenvalue weighted by molar-refractivity contribution is 9.11. The number of nitrogens with one attached hydrogen (secondary N) is 2. The third-order valence-corrected chi connectivity index (χ3v) is 10.2. The molecule has 0 saturated carbocycles. The molecule has 2 nitrogen and oxygen atoms in total. The molecule has 4 rings (SSSR count). The van der Waals surface area contributed by atoms with E-state index in [9.17, 15) is 0 Å². The molecule has 2 atom stereocenters. The van der Waals surface area contributed by atoms with Gasteiger partial charge in [-0.2, -0.15) is 0 Å². The molecular formula is C43H59BrN2Si2. The third kappa shape index (κ3) is 16.8. The van der Waals surface area contributed by atoms with Gasteiger partial charge in [-0.05, 0) is 57.6 Å². The summed E-state index contributed by atoms with van der Waals surface area (Å²) in [6.45, 7) is 20.0. The Kier molecular flexibility index (Phi) is 20.1. The van der Waals surface area contributed by atoms with Crippen molar-refractivity contribution in [3.63, 3.8) is 0 Å². The van der Waals surface area contributed by atoms with Crippen LogP contribution in [0.4, 0.5) is 0 Å². The number of benzene rings is 4. The van der Waals surface area contributed by atoms with Crippen molar-refractivity contribution in [1.29, 1.82) is 0 Å². The van der Waals surface area contributed by atoms with Crippen LogP contribution in [-0.4, -0.2) is 29.2 Å². The van der Waals surface area contributed by atoms with Gasteiger partial charge in [0, 0.05) is 37.3 Å². The Hall–Kier alpha value is -3.17. The third-order valence-electron chi connectivity index (χ3n) is 7.31. The van der Waals surface area contributed by atoms with Crippen molar-refractivity contribution in [3.05, 3.63) is 119 Å². The summed E-state index contributed by atoms with van der Waals surface area (Å²) in [4.78, 5) is 1.88. The molecule has 0 unspecified atom stereocenters. The number of rotatable bonds is 10. The Bertz CT molecular complexity index is 1670. The summed E-state index contributed by atoms with van der Waals surface area (Å²) in [6.07, 6.45) is 11.2. The fourth-order valence-corrected chi connectivity index (χ4v) is 6.24. The fraction of sp³-hybridized carbons (Fsp3) is 0.349. The summed E-state index contributed by atoms with van der Waals surface area (Å²) in [7, 11) is -1.93. The Morgan fingerprint density at radius 1 is 0.667 bits per heavy atom. The van der Waals surface area contributed by atoms with Crippen LogP contribution in [0.25, 0.3) is 21.5 Å². The number of allylic oxidation sites excluding steroid dienone is 1. The zero-order valence-corrected chi connectivity index (χ0v) is 33.4. The average molecular weight is 740 g/mol. The Morgan fingerprint density at radius 2 is 1.10 bits per heavy atom. The molecule has 0 aliphatic rings. The summed E-state index contributed by atoms with van der Waals surface area (Å²) >= 11 is 3.27. The number of terminal acetylenes is 1. The Labute approximate surface area is 304 Å². The molecule has 0 saturated heterocycles. The average Bonchev–Trinajstić information content (AvgIpc) is 3.03. The van der Waals surface area contributed by atoms with Gasteiger partial charge in [0.1, 0.15) is 0 Å². The molecule has 0 radical (unpaired) electrons. The van der Waals surface area contributed by atoms with Gasteiger partial charge in [-0.1, -0.05) is 166 Å². The van der Waals surface area contributed by atoms with Gasteiger partial charge >= 0.3 is 0 Å². The van der Waals surface area contributed by atoms with E-state index < -0.39 is 16.1 Å². The zero-order chi connectivity index (χ0) is 34.7. The van der Waals surface area contributed by atoms with Crippen molar-refractivity contribution in [2.75, 3.05) is 13.1 Å². The molecule has 256 valence electrons. The smallest absolute Gasteiger partial charge is 0.0573 e. The molecule has 0 spiro atoms. The predicted molar refractivity (Wildman–Crippen MR) is 228 cm³/mol. The highest BCUT2D eigenvalue weighted by Gasteiger charge is 2.10. The minimum atomic E-state index is -1.04. The molecule has 0 aliphatic heterocycles. The Morgan fingerprint density at radius 3 is 1.52 bits per heavy atom. The van der Waals surface area contributed by atoms with Crippen LogP contribution >= 0.6 is 15.9 Å². The fourth-order valence-electron chi connectivity index (χ4n) is 4.81. The molecule has 0 fully saturated rings. The topological polar surface area (TPSA) is 24.1 Å². The summed E-state index contributed by atoms with van der Waals surface area (Å²) in [5.41, 5.74) is 2.70. The maximum Gasteiger partial charge on any atom is 0.0573 e. The lowest BCUT2D eigenvalue weighted by atomic mass is 10.00. The molecule has 0 bridgehead atoms. The van der Waals surface area contributed by atoms with Crippen LogP contribution in [0.15, 0.2) is 108 Å². The molecule has 5 heteroatoms. The first kappa shape index (κ1) is 42.9. The summed E-state index contributed by atoms with van der Waals surface area (Å²) in [5.74, 6) is 9.09. The number of hydrogen-bond donors (Lipinski definition) is 2. The standard InChI is InChI=1S/C21H27NSi.C15H16BrN.C6H12Si.CH4/c1-18(22-16-9-5-6-10-17-23(2,3)4)20-15-11-13-19-12-7-8-14-21(19)20;1-12(17-11-5-10-16)14-9-4-7-13-6-2-3-8-15(13)14;1-5-6-7(2,3)4;/h5,7-9,11-15,18,22H,16-17H2,1-4H3;2-10,12,17H,11H2,1H3;1H,6H2,2-4H3;1H4/b9-5+;10-5+;;/t18-;12-;;/m11../s1. The van der Waals surface area contributed by atoms with Crippen LogP contribution in [0.5, 0.6) is 0 Å². The summed E-state index contributed by atoms with van der Waals surface area (Å²) in [5, 5.41) is 12.3. The molecule has 0 aromatic heterocycles. The van der Waals surface area contributed by atoms with Gasteiger partial charge in [-0.3, -0.25) is 0 Å². The van der Waals surface area contributed by atoms with Crippen LogP contribution in [0, 0.1) is 24.2 Å². The second kappa shape index (κ2) is 22.5. The quantitative estimate of drug-likeness (QED) is 0.125. The van der Waals surface area contributed by atoms with E-state index in [-0.39, 0.29) is 7.43 Å². The van der Waals surface area contributed by atoms with Gasteiger partial charge in [0.05, 0.1) is 16.1 Å². The largest absolute Gasteiger partial charge is 0.307 e. The van der Waals surface area contributed by atoms with Crippen LogP contribution in [0.1, 0.15) is 44.5 Å². The normalized spacial score (nSPS) is 12.5. The second-order valence-corrected chi connectivity index (χ2v) is 25.6. The number of halogens is 1. The van der Waals surface area contributed by atoms with Crippen molar-refractivity contribution < 1.29 is 0 Å². The van der Waals surface area contributed by atoms with E-state index in [4.69, 9.17) is 6.42 Å². The number of hydrogen-bond acceptors (Lipinski definition) is 2. The lowest BCUT2D eigenvalue weighted by molar-refractivity contribution is 0.621. The van der Waals surface area contributed by atoms with Gasteiger partial charge in [-0.15, -0.1) is 18.3 Å². The van der Waals surface area contributed by atoms with E-state index in [1.165, 1.54) is 32.7 Å². The SMILES string of the molecule is C.C#CC[Si](C)(C)C.C[C@@H](NC/C=C/Br)c1cccc2ccccc12.C[C@@H](NC/C=C/C#CC[Si](C)(C)C)c1cccc2ccccc12. The maximum atomic E-state index is 5.10. The van der Waals surface area contributed by atoms with Crippen molar-refractivity contribution >= 4 is 53.6 Å². The van der Waals surface area contributed by atoms with E-state index in [1.807, 2.05) is 11.1 Å². The van der Waals surface area contributed by atoms with Crippen molar-refractivity contribution in [1.82, 2.24) is 10.6 Å². The molecule has 0 amide bonds. The van der Waals surface area contributed by atoms with Gasteiger partial charge in [0.15, 0.2) is 0 Å². The Balaban J connectivity index is 0.000000405. The molecule has 0 heterocycles. The van der Waals surface area contributed by atoms with Gasteiger partial charge < -0.3 is 10.6 Å². The molecule has 48 heavy (non-hydrogen) atoms. The predicted octanol–water partition coefficient (Wildman–Crippen LogP) is 12.4. The first-order valence-electron chi connectivity index (χ1n) is 16.6. The molecule has 4 aromatic rings. The molecule has 4 aromatic carbocycles. The first-order valence-corrected chi connectivity index (χ1v) is 24.9. The van der Waals surface area contributed by atoms with Crippen molar-refractivity contribution in [2.24, 2.45) is 0 Å². The monoisotopic (exact) mass is 738 g/mol. The van der Waals surface area contributed by atoms with E-state index in [0.29, 0.717) is 12.1 Å². The van der Waals surface area contributed by atoms with Crippen molar-refractivity contribution in [2.45, 2.75) is 84.7 Å². The van der Waals surface area contributed by atoms with Crippen LogP contribution in [-0.2, 0) is 0 Å². The second-order valence-electron chi connectivity index (χ2n) is 14.2. The summed E-state index contributed by atoms with van der Waals surface area (Å²) < 4.78 is 0. The van der Waals surface area contributed by atoms with Crippen molar-refractivity contribution in [3.8, 4) is 24.2 Å². The van der Waals surface area contributed by atoms with E-state index in [2.05, 4.69) is 195 Å². The minimum absolute atomic E-state index is 0. The summed E-state index contributed by atoms with van der Waals surface area (Å²) in [6, 6.07) is 32.8.